The molecule has 0 atom stereocenters. The first-order valence-corrected chi connectivity index (χ1v) is 7.44. The molecule has 118 valence electrons. The number of benzene rings is 1. The van der Waals surface area contributed by atoms with Gasteiger partial charge in [0.2, 0.25) is 11.8 Å². The van der Waals surface area contributed by atoms with Gasteiger partial charge in [0.15, 0.2) is 5.82 Å². The first-order valence-electron chi connectivity index (χ1n) is 7.44. The van der Waals surface area contributed by atoms with Gasteiger partial charge in [0.05, 0.1) is 12.7 Å². The lowest BCUT2D eigenvalue weighted by Crippen LogP contribution is -2.24. The van der Waals surface area contributed by atoms with E-state index >= 15 is 0 Å². The van der Waals surface area contributed by atoms with E-state index in [-0.39, 0.29) is 12.3 Å². The Morgan fingerprint density at radius 1 is 1.09 bits per heavy atom. The fourth-order valence-corrected chi connectivity index (χ4v) is 2.15. The molecule has 0 radical (unpaired) electrons. The zero-order valence-electron chi connectivity index (χ0n) is 12.6. The Morgan fingerprint density at radius 3 is 2.74 bits per heavy atom. The van der Waals surface area contributed by atoms with Gasteiger partial charge in [-0.15, -0.1) is 0 Å². The summed E-state index contributed by atoms with van der Waals surface area (Å²) in [5.74, 6) is 1.63. The molecule has 1 aromatic carbocycles. The molecule has 6 nitrogen and oxygen atoms in total. The molecule has 0 spiro atoms. The molecule has 23 heavy (non-hydrogen) atoms. The minimum atomic E-state index is -0.132. The van der Waals surface area contributed by atoms with Crippen LogP contribution in [-0.4, -0.2) is 16.0 Å². The number of aryl methyl sites for hydroxylation is 2. The van der Waals surface area contributed by atoms with Crippen molar-refractivity contribution in [1.29, 1.82) is 0 Å². The van der Waals surface area contributed by atoms with Crippen LogP contribution < -0.4 is 5.32 Å². The zero-order chi connectivity index (χ0) is 15.9. The van der Waals surface area contributed by atoms with Crippen LogP contribution in [0.5, 0.6) is 0 Å². The molecule has 3 aromatic rings. The molecule has 0 bridgehead atoms. The van der Waals surface area contributed by atoms with Gasteiger partial charge in [-0.05, 0) is 17.7 Å². The average molecular weight is 311 g/mol. The largest absolute Gasteiger partial charge is 0.469 e. The maximum Gasteiger partial charge on any atom is 0.228 e. The normalized spacial score (nSPS) is 10.6. The Morgan fingerprint density at radius 2 is 1.96 bits per heavy atom. The molecule has 3 rings (SSSR count). The van der Waals surface area contributed by atoms with Crippen molar-refractivity contribution in [1.82, 2.24) is 15.5 Å². The number of amides is 1. The van der Waals surface area contributed by atoms with Gasteiger partial charge in [0.25, 0.3) is 0 Å². The van der Waals surface area contributed by atoms with Crippen LogP contribution in [0.3, 0.4) is 0 Å². The van der Waals surface area contributed by atoms with Crippen LogP contribution in [0.25, 0.3) is 0 Å². The summed E-state index contributed by atoms with van der Waals surface area (Å²) in [7, 11) is 0. The van der Waals surface area contributed by atoms with Gasteiger partial charge in [-0.3, -0.25) is 4.79 Å². The van der Waals surface area contributed by atoms with Crippen molar-refractivity contribution in [2.24, 2.45) is 0 Å². The van der Waals surface area contributed by atoms with E-state index in [0.29, 0.717) is 31.1 Å². The van der Waals surface area contributed by atoms with Crippen molar-refractivity contribution < 1.29 is 13.7 Å². The van der Waals surface area contributed by atoms with E-state index in [0.717, 1.165) is 11.3 Å². The molecule has 2 aromatic heterocycles. The molecule has 1 amide bonds. The third kappa shape index (κ3) is 4.54. The summed E-state index contributed by atoms with van der Waals surface area (Å²) in [5, 5.41) is 6.67. The highest BCUT2D eigenvalue weighted by Crippen LogP contribution is 2.07. The van der Waals surface area contributed by atoms with Crippen LogP contribution in [0.2, 0.25) is 0 Å². The first kappa shape index (κ1) is 15.0. The summed E-state index contributed by atoms with van der Waals surface area (Å²) in [6, 6.07) is 13.5. The lowest BCUT2D eigenvalue weighted by atomic mass is 10.2. The van der Waals surface area contributed by atoms with Gasteiger partial charge in [-0.2, -0.15) is 4.98 Å². The Bertz CT molecular complexity index is 736. The summed E-state index contributed by atoms with van der Waals surface area (Å²) in [6.07, 6.45) is 3.02. The first-order chi connectivity index (χ1) is 11.3. The lowest BCUT2D eigenvalue weighted by Gasteiger charge is -2.03. The van der Waals surface area contributed by atoms with Crippen molar-refractivity contribution in [2.75, 3.05) is 0 Å². The van der Waals surface area contributed by atoms with Crippen LogP contribution in [0.4, 0.5) is 0 Å². The number of carbonyl (C=O) groups excluding carboxylic acids is 1. The SMILES string of the molecule is O=C(Cc1noc(CCc2ccco2)n1)NCc1ccccc1. The highest BCUT2D eigenvalue weighted by molar-refractivity contribution is 5.77. The van der Waals surface area contributed by atoms with E-state index in [1.54, 1.807) is 6.26 Å². The fraction of sp³-hybridized carbons (Fsp3) is 0.235. The number of hydrogen-bond acceptors (Lipinski definition) is 5. The lowest BCUT2D eigenvalue weighted by molar-refractivity contribution is -0.120. The second kappa shape index (κ2) is 7.40. The maximum atomic E-state index is 11.9. The summed E-state index contributed by atoms with van der Waals surface area (Å²) in [5.41, 5.74) is 1.05. The maximum absolute atomic E-state index is 11.9. The number of hydrogen-bond donors (Lipinski definition) is 1. The van der Waals surface area contributed by atoms with Crippen molar-refractivity contribution in [3.8, 4) is 0 Å². The Labute approximate surface area is 133 Å². The Balaban J connectivity index is 1.45. The number of aromatic nitrogens is 2. The molecule has 0 saturated heterocycles. The highest BCUT2D eigenvalue weighted by atomic mass is 16.5. The molecular weight excluding hydrogens is 294 g/mol. The van der Waals surface area contributed by atoms with Crippen molar-refractivity contribution in [2.45, 2.75) is 25.8 Å². The van der Waals surface area contributed by atoms with E-state index in [9.17, 15) is 4.79 Å². The molecule has 2 heterocycles. The van der Waals surface area contributed by atoms with E-state index in [2.05, 4.69) is 15.5 Å². The smallest absolute Gasteiger partial charge is 0.228 e. The second-order valence-corrected chi connectivity index (χ2v) is 5.12. The minimum absolute atomic E-state index is 0.108. The van der Waals surface area contributed by atoms with E-state index in [1.165, 1.54) is 0 Å². The molecule has 1 N–H and O–H groups in total. The van der Waals surface area contributed by atoms with Gasteiger partial charge < -0.3 is 14.3 Å². The van der Waals surface area contributed by atoms with Gasteiger partial charge in [0, 0.05) is 19.4 Å². The van der Waals surface area contributed by atoms with Crippen molar-refractivity contribution in [3.63, 3.8) is 0 Å². The Hall–Kier alpha value is -2.89. The third-order valence-electron chi connectivity index (χ3n) is 3.33. The monoisotopic (exact) mass is 311 g/mol. The Kier molecular flexibility index (Phi) is 4.83. The molecule has 0 fully saturated rings. The average Bonchev–Trinajstić information content (AvgIpc) is 3.23. The second-order valence-electron chi connectivity index (χ2n) is 5.12. The number of furan rings is 1. The van der Waals surface area contributed by atoms with Crippen LogP contribution >= 0.6 is 0 Å². The van der Waals surface area contributed by atoms with Crippen molar-refractivity contribution in [3.05, 3.63) is 71.8 Å². The standard InChI is InChI=1S/C17H17N3O3/c21-16(18-12-13-5-2-1-3-6-13)11-15-19-17(23-20-15)9-8-14-7-4-10-22-14/h1-7,10H,8-9,11-12H2,(H,18,21). The number of rotatable bonds is 7. The van der Waals surface area contributed by atoms with E-state index < -0.39 is 0 Å². The topological polar surface area (TPSA) is 81.2 Å². The van der Waals surface area contributed by atoms with Crippen LogP contribution in [-0.2, 0) is 30.6 Å². The van der Waals surface area contributed by atoms with Crippen molar-refractivity contribution >= 4 is 5.91 Å². The molecule has 6 heteroatoms. The van der Waals surface area contributed by atoms with Crippen LogP contribution in [0.1, 0.15) is 23.0 Å². The van der Waals surface area contributed by atoms with Gasteiger partial charge in [-0.25, -0.2) is 0 Å². The highest BCUT2D eigenvalue weighted by Gasteiger charge is 2.11. The molecule has 0 aliphatic rings. The molecule has 0 unspecified atom stereocenters. The van der Waals surface area contributed by atoms with Crippen LogP contribution in [0.15, 0.2) is 57.7 Å². The van der Waals surface area contributed by atoms with E-state index in [1.807, 2.05) is 42.5 Å². The predicted molar refractivity (Wildman–Crippen MR) is 82.4 cm³/mol. The van der Waals surface area contributed by atoms with Crippen LogP contribution in [0, 0.1) is 0 Å². The summed E-state index contributed by atoms with van der Waals surface area (Å²) >= 11 is 0. The minimum Gasteiger partial charge on any atom is -0.469 e. The fourth-order valence-electron chi connectivity index (χ4n) is 2.15. The quantitative estimate of drug-likeness (QED) is 0.724. The number of nitrogens with one attached hydrogen (secondary N) is 1. The zero-order valence-corrected chi connectivity index (χ0v) is 12.6. The number of nitrogens with zero attached hydrogens (tertiary/aromatic N) is 2. The van der Waals surface area contributed by atoms with E-state index in [4.69, 9.17) is 8.94 Å². The summed E-state index contributed by atoms with van der Waals surface area (Å²) < 4.78 is 10.4. The number of carbonyl (C=O) groups is 1. The molecule has 0 saturated carbocycles. The summed E-state index contributed by atoms with van der Waals surface area (Å²) in [4.78, 5) is 16.1. The van der Waals surface area contributed by atoms with Gasteiger partial charge >= 0.3 is 0 Å². The third-order valence-corrected chi connectivity index (χ3v) is 3.33. The molecule has 0 aliphatic heterocycles. The van der Waals surface area contributed by atoms with Gasteiger partial charge in [-0.1, -0.05) is 35.5 Å². The summed E-state index contributed by atoms with van der Waals surface area (Å²) in [6.45, 7) is 0.489. The molecule has 0 aliphatic carbocycles. The predicted octanol–water partition coefficient (Wildman–Crippen LogP) is 2.31. The van der Waals surface area contributed by atoms with Gasteiger partial charge in [0.1, 0.15) is 5.76 Å². The molecular formula is C17H17N3O3.